The van der Waals surface area contributed by atoms with E-state index in [-0.39, 0.29) is 19.3 Å². The van der Waals surface area contributed by atoms with Crippen LogP contribution in [0, 0.1) is 16.7 Å². The summed E-state index contributed by atoms with van der Waals surface area (Å²) in [4.78, 5) is 0. The molecule has 0 unspecified atom stereocenters. The summed E-state index contributed by atoms with van der Waals surface area (Å²) in [5, 5.41) is 8.79. The van der Waals surface area contributed by atoms with E-state index >= 15 is 0 Å². The van der Waals surface area contributed by atoms with E-state index in [0.29, 0.717) is 0 Å². The molecule has 1 nitrogen and oxygen atoms in total. The van der Waals surface area contributed by atoms with Crippen molar-refractivity contribution in [2.45, 2.75) is 38.0 Å². The fourth-order valence-corrected chi connectivity index (χ4v) is 3.14. The quantitative estimate of drug-likeness (QED) is 0.742. The first kappa shape index (κ1) is 11.8. The van der Waals surface area contributed by atoms with Crippen LogP contribution in [0.3, 0.4) is 0 Å². The Bertz CT molecular complexity index is 396. The van der Waals surface area contributed by atoms with Crippen molar-refractivity contribution in [1.82, 2.24) is 0 Å². The zero-order valence-electron chi connectivity index (χ0n) is 8.77. The Morgan fingerprint density at radius 2 is 2.12 bits per heavy atom. The molecule has 0 aliphatic heterocycles. The van der Waals surface area contributed by atoms with Crippen molar-refractivity contribution in [3.8, 4) is 6.07 Å². The molecular formula is C12H12BrF2N. The second kappa shape index (κ2) is 3.96. The average Bonchev–Trinajstić information content (AvgIpc) is 2.15. The van der Waals surface area contributed by atoms with Crippen LogP contribution >= 0.6 is 15.9 Å². The summed E-state index contributed by atoms with van der Waals surface area (Å²) in [5.41, 5.74) is 0.445. The molecule has 4 heteroatoms. The average molecular weight is 288 g/mol. The SMILES string of the molecule is N#CCC1(C2=CC(Br)=CCC2)CC(F)(F)C1. The highest BCUT2D eigenvalue weighted by atomic mass is 79.9. The number of nitriles is 1. The van der Waals surface area contributed by atoms with Gasteiger partial charge in [-0.3, -0.25) is 0 Å². The normalized spacial score (nSPS) is 26.1. The Kier molecular flexibility index (Phi) is 2.91. The minimum Gasteiger partial charge on any atom is -0.207 e. The van der Waals surface area contributed by atoms with Crippen molar-refractivity contribution in [3.05, 3.63) is 22.2 Å². The maximum atomic E-state index is 13.0. The summed E-state index contributed by atoms with van der Waals surface area (Å²) < 4.78 is 27.0. The third-order valence-electron chi connectivity index (χ3n) is 3.36. The lowest BCUT2D eigenvalue weighted by molar-refractivity contribution is -0.145. The third-order valence-corrected chi connectivity index (χ3v) is 3.91. The van der Waals surface area contributed by atoms with Crippen LogP contribution in [-0.2, 0) is 0 Å². The van der Waals surface area contributed by atoms with E-state index in [2.05, 4.69) is 22.0 Å². The second-order valence-electron chi connectivity index (χ2n) is 4.62. The Morgan fingerprint density at radius 1 is 1.44 bits per heavy atom. The van der Waals surface area contributed by atoms with E-state index in [4.69, 9.17) is 5.26 Å². The van der Waals surface area contributed by atoms with E-state index < -0.39 is 11.3 Å². The predicted octanol–water partition coefficient (Wildman–Crippen LogP) is 4.31. The summed E-state index contributed by atoms with van der Waals surface area (Å²) >= 11 is 3.37. The van der Waals surface area contributed by atoms with Gasteiger partial charge in [0.2, 0.25) is 5.92 Å². The van der Waals surface area contributed by atoms with Gasteiger partial charge in [-0.25, -0.2) is 8.78 Å². The zero-order valence-corrected chi connectivity index (χ0v) is 10.4. The molecule has 0 atom stereocenters. The van der Waals surface area contributed by atoms with Crippen LogP contribution in [0.1, 0.15) is 32.1 Å². The number of nitrogens with zero attached hydrogens (tertiary/aromatic N) is 1. The van der Waals surface area contributed by atoms with Gasteiger partial charge in [-0.2, -0.15) is 5.26 Å². The van der Waals surface area contributed by atoms with Crippen molar-refractivity contribution >= 4 is 15.9 Å². The monoisotopic (exact) mass is 287 g/mol. The van der Waals surface area contributed by atoms with E-state index in [9.17, 15) is 8.78 Å². The molecule has 0 bridgehead atoms. The zero-order chi connectivity index (χ0) is 11.8. The molecule has 0 aromatic heterocycles. The number of alkyl halides is 2. The number of hydrogen-bond acceptors (Lipinski definition) is 1. The van der Waals surface area contributed by atoms with Crippen molar-refractivity contribution < 1.29 is 8.78 Å². The Balaban J connectivity index is 2.23. The fourth-order valence-electron chi connectivity index (χ4n) is 2.64. The van der Waals surface area contributed by atoms with Crippen LogP contribution in [0.5, 0.6) is 0 Å². The number of halogens is 3. The Morgan fingerprint density at radius 3 is 2.62 bits per heavy atom. The van der Waals surface area contributed by atoms with Crippen molar-refractivity contribution in [2.75, 3.05) is 0 Å². The molecule has 2 rings (SSSR count). The second-order valence-corrected chi connectivity index (χ2v) is 5.54. The van der Waals surface area contributed by atoms with Crippen LogP contribution in [0.2, 0.25) is 0 Å². The highest BCUT2D eigenvalue weighted by Gasteiger charge is 2.57. The largest absolute Gasteiger partial charge is 0.249 e. The number of hydrogen-bond donors (Lipinski definition) is 0. The maximum absolute atomic E-state index is 13.0. The smallest absolute Gasteiger partial charge is 0.207 e. The molecule has 0 N–H and O–H groups in total. The van der Waals surface area contributed by atoms with Gasteiger partial charge in [0.15, 0.2) is 0 Å². The van der Waals surface area contributed by atoms with Gasteiger partial charge in [-0.15, -0.1) is 0 Å². The minimum atomic E-state index is -2.58. The van der Waals surface area contributed by atoms with Crippen LogP contribution in [0.25, 0.3) is 0 Å². The van der Waals surface area contributed by atoms with Crippen molar-refractivity contribution in [2.24, 2.45) is 5.41 Å². The van der Waals surface area contributed by atoms with Gasteiger partial charge >= 0.3 is 0 Å². The van der Waals surface area contributed by atoms with Crippen molar-refractivity contribution in [1.29, 1.82) is 5.26 Å². The van der Waals surface area contributed by atoms with Gasteiger partial charge in [-0.05, 0) is 18.9 Å². The molecule has 0 heterocycles. The van der Waals surface area contributed by atoms with Gasteiger partial charge in [-0.1, -0.05) is 27.6 Å². The van der Waals surface area contributed by atoms with Crippen LogP contribution in [0.15, 0.2) is 22.2 Å². The summed E-state index contributed by atoms with van der Waals surface area (Å²) in [6, 6.07) is 2.05. The predicted molar refractivity (Wildman–Crippen MR) is 61.2 cm³/mol. The highest BCUT2D eigenvalue weighted by Crippen LogP contribution is 2.59. The highest BCUT2D eigenvalue weighted by molar-refractivity contribution is 9.11. The molecule has 0 spiro atoms. The topological polar surface area (TPSA) is 23.8 Å². The molecule has 0 amide bonds. The Hall–Kier alpha value is -0.690. The van der Waals surface area contributed by atoms with Crippen LogP contribution in [-0.4, -0.2) is 5.92 Å². The van der Waals surface area contributed by atoms with E-state index in [1.807, 2.05) is 12.2 Å². The van der Waals surface area contributed by atoms with E-state index in [0.717, 1.165) is 22.9 Å². The number of allylic oxidation sites excluding steroid dienone is 4. The molecular weight excluding hydrogens is 276 g/mol. The fraction of sp³-hybridized carbons (Fsp3) is 0.583. The molecule has 1 fully saturated rings. The summed E-state index contributed by atoms with van der Waals surface area (Å²) in [7, 11) is 0. The minimum absolute atomic E-state index is 0.167. The van der Waals surface area contributed by atoms with Gasteiger partial charge in [0, 0.05) is 29.2 Å². The van der Waals surface area contributed by atoms with Gasteiger partial charge in [0.05, 0.1) is 6.07 Å². The first-order valence-corrected chi connectivity index (χ1v) is 6.08. The molecule has 0 aromatic carbocycles. The Labute approximate surface area is 102 Å². The summed E-state index contributed by atoms with van der Waals surface area (Å²) in [6.07, 6.45) is 5.47. The summed E-state index contributed by atoms with van der Waals surface area (Å²) in [5.74, 6) is -2.58. The lowest BCUT2D eigenvalue weighted by Crippen LogP contribution is -2.47. The van der Waals surface area contributed by atoms with E-state index in [1.54, 1.807) is 0 Å². The summed E-state index contributed by atoms with van der Waals surface area (Å²) in [6.45, 7) is 0. The third kappa shape index (κ3) is 2.06. The van der Waals surface area contributed by atoms with Crippen LogP contribution < -0.4 is 0 Å². The van der Waals surface area contributed by atoms with Gasteiger partial charge < -0.3 is 0 Å². The lowest BCUT2D eigenvalue weighted by Gasteiger charge is -2.48. The maximum Gasteiger partial charge on any atom is 0.249 e. The van der Waals surface area contributed by atoms with Gasteiger partial charge in [0.25, 0.3) is 0 Å². The van der Waals surface area contributed by atoms with Crippen LogP contribution in [0.4, 0.5) is 8.78 Å². The molecule has 2 aliphatic rings. The molecule has 2 aliphatic carbocycles. The number of rotatable bonds is 2. The molecule has 0 aromatic rings. The standard InChI is InChI=1S/C12H12BrF2N/c13-10-3-1-2-9(6-10)11(4-5-16)7-12(14,15)8-11/h3,6H,1-2,4,7-8H2. The van der Waals surface area contributed by atoms with Gasteiger partial charge in [0.1, 0.15) is 0 Å². The first-order valence-electron chi connectivity index (χ1n) is 5.29. The molecule has 1 saturated carbocycles. The van der Waals surface area contributed by atoms with Crippen molar-refractivity contribution in [3.63, 3.8) is 0 Å². The molecule has 86 valence electrons. The van der Waals surface area contributed by atoms with E-state index in [1.165, 1.54) is 0 Å². The first-order chi connectivity index (χ1) is 7.47. The molecule has 16 heavy (non-hydrogen) atoms. The lowest BCUT2D eigenvalue weighted by atomic mass is 9.59. The molecule has 0 radical (unpaired) electrons. The molecule has 0 saturated heterocycles.